The molecule has 1 aromatic carbocycles. The van der Waals surface area contributed by atoms with Gasteiger partial charge >= 0.3 is 0 Å². The molecule has 0 radical (unpaired) electrons. The molecule has 1 fully saturated rings. The van der Waals surface area contributed by atoms with Gasteiger partial charge < -0.3 is 9.72 Å². The number of unbranched alkanes of at least 4 members (excludes halogenated alkanes) is 1. The molecule has 1 atom stereocenters. The molecule has 0 spiro atoms. The number of hydrogen-bond donors (Lipinski definition) is 1. The van der Waals surface area contributed by atoms with Gasteiger partial charge in [0, 0.05) is 18.8 Å². The van der Waals surface area contributed by atoms with Crippen molar-refractivity contribution in [2.45, 2.75) is 64.4 Å². The van der Waals surface area contributed by atoms with Crippen LogP contribution in [0.15, 0.2) is 23.0 Å². The lowest BCUT2D eigenvalue weighted by molar-refractivity contribution is 0.254. The Kier molecular flexibility index (Phi) is 3.91. The van der Waals surface area contributed by atoms with Crippen molar-refractivity contribution in [2.75, 3.05) is 0 Å². The van der Waals surface area contributed by atoms with Gasteiger partial charge in [-0.25, -0.2) is 4.98 Å². The van der Waals surface area contributed by atoms with E-state index in [1.54, 1.807) is 0 Å². The topological polar surface area (TPSA) is 55.0 Å². The minimum atomic E-state index is 0.00455. The van der Waals surface area contributed by atoms with Crippen molar-refractivity contribution in [3.05, 3.63) is 45.6 Å². The molecule has 4 rings (SSSR count). The fourth-order valence-corrected chi connectivity index (χ4v) is 3.51. The lowest BCUT2D eigenvalue weighted by atomic mass is 9.99. The van der Waals surface area contributed by atoms with E-state index in [1.165, 1.54) is 5.56 Å². The summed E-state index contributed by atoms with van der Waals surface area (Å²) in [5.74, 6) is 2.24. The first-order chi connectivity index (χ1) is 11.7. The smallest absolute Gasteiger partial charge is 0.259 e. The van der Waals surface area contributed by atoms with Gasteiger partial charge in [-0.1, -0.05) is 19.4 Å². The Balaban J connectivity index is 1.77. The summed E-state index contributed by atoms with van der Waals surface area (Å²) < 4.78 is 5.78. The van der Waals surface area contributed by atoms with E-state index in [2.05, 4.69) is 24.9 Å². The molecular formula is C20H24N2O2. The Hall–Kier alpha value is -2.10. The summed E-state index contributed by atoms with van der Waals surface area (Å²) in [6.45, 7) is 4.23. The lowest BCUT2D eigenvalue weighted by Crippen LogP contribution is -2.17. The van der Waals surface area contributed by atoms with Crippen molar-refractivity contribution in [3.8, 4) is 16.9 Å². The van der Waals surface area contributed by atoms with Crippen LogP contribution in [0.5, 0.6) is 5.75 Å². The number of nitrogens with one attached hydrogen (secondary N) is 1. The molecular weight excluding hydrogens is 300 g/mol. The maximum atomic E-state index is 12.8. The summed E-state index contributed by atoms with van der Waals surface area (Å²) in [5, 5.41) is 0. The van der Waals surface area contributed by atoms with E-state index in [0.29, 0.717) is 5.92 Å². The van der Waals surface area contributed by atoms with Crippen LogP contribution in [0.1, 0.15) is 62.5 Å². The largest absolute Gasteiger partial charge is 0.490 e. The molecule has 4 nitrogen and oxygen atoms in total. The van der Waals surface area contributed by atoms with Crippen molar-refractivity contribution in [1.29, 1.82) is 0 Å². The van der Waals surface area contributed by atoms with Crippen LogP contribution in [0, 0.1) is 0 Å². The van der Waals surface area contributed by atoms with Crippen LogP contribution < -0.4 is 10.3 Å². The monoisotopic (exact) mass is 324 g/mol. The van der Waals surface area contributed by atoms with Gasteiger partial charge in [-0.15, -0.1) is 0 Å². The van der Waals surface area contributed by atoms with Gasteiger partial charge in [0.05, 0.1) is 11.3 Å². The Morgan fingerprint density at radius 3 is 2.92 bits per heavy atom. The zero-order chi connectivity index (χ0) is 16.7. The molecule has 1 aromatic heterocycles. The minimum Gasteiger partial charge on any atom is -0.490 e. The van der Waals surface area contributed by atoms with Crippen molar-refractivity contribution in [1.82, 2.24) is 9.97 Å². The minimum absolute atomic E-state index is 0.00455. The van der Waals surface area contributed by atoms with Gasteiger partial charge in [0.1, 0.15) is 17.7 Å². The molecule has 4 heteroatoms. The Morgan fingerprint density at radius 2 is 2.17 bits per heavy atom. The van der Waals surface area contributed by atoms with Gasteiger partial charge in [0.25, 0.3) is 5.56 Å². The number of aryl methyl sites for hydroxylation is 1. The molecule has 2 heterocycles. The SMILES string of the molecule is CCCCc1nc(C2CC2)c(-c2ccc3c(c2)CC(C)O3)c(=O)[nH]1. The number of aromatic nitrogens is 2. The first-order valence-electron chi connectivity index (χ1n) is 9.08. The summed E-state index contributed by atoms with van der Waals surface area (Å²) in [7, 11) is 0. The van der Waals surface area contributed by atoms with Crippen molar-refractivity contribution in [2.24, 2.45) is 0 Å². The third-order valence-electron chi connectivity index (χ3n) is 4.91. The number of nitrogens with zero attached hydrogens (tertiary/aromatic N) is 1. The Labute approximate surface area is 142 Å². The summed E-state index contributed by atoms with van der Waals surface area (Å²) in [5.41, 5.74) is 3.93. The van der Waals surface area contributed by atoms with Crippen LogP contribution in [-0.2, 0) is 12.8 Å². The highest BCUT2D eigenvalue weighted by Crippen LogP contribution is 2.43. The van der Waals surface area contributed by atoms with Crippen molar-refractivity contribution < 1.29 is 4.74 Å². The fraction of sp³-hybridized carbons (Fsp3) is 0.500. The number of fused-ring (bicyclic) bond motifs is 1. The third kappa shape index (κ3) is 2.85. The number of aromatic amines is 1. The summed E-state index contributed by atoms with van der Waals surface area (Å²) in [4.78, 5) is 20.6. The van der Waals surface area contributed by atoms with E-state index >= 15 is 0 Å². The molecule has 0 saturated heterocycles. The third-order valence-corrected chi connectivity index (χ3v) is 4.91. The Bertz CT molecular complexity index is 821. The standard InChI is InChI=1S/C20H24N2O2/c1-3-4-5-17-21-19(13-6-7-13)18(20(23)22-17)14-8-9-16-15(11-14)10-12(2)24-16/h8-9,11-13H,3-7,10H2,1-2H3,(H,21,22,23). The molecule has 2 aromatic rings. The summed E-state index contributed by atoms with van der Waals surface area (Å²) in [6.07, 6.45) is 6.41. The average molecular weight is 324 g/mol. The summed E-state index contributed by atoms with van der Waals surface area (Å²) in [6, 6.07) is 6.11. The maximum Gasteiger partial charge on any atom is 0.259 e. The number of rotatable bonds is 5. The second-order valence-corrected chi connectivity index (χ2v) is 7.11. The van der Waals surface area contributed by atoms with E-state index in [9.17, 15) is 4.79 Å². The number of H-pyrrole nitrogens is 1. The zero-order valence-electron chi connectivity index (χ0n) is 14.4. The van der Waals surface area contributed by atoms with Crippen LogP contribution >= 0.6 is 0 Å². The van der Waals surface area contributed by atoms with E-state index in [4.69, 9.17) is 9.72 Å². The fourth-order valence-electron chi connectivity index (χ4n) is 3.51. The van der Waals surface area contributed by atoms with Crippen molar-refractivity contribution >= 4 is 0 Å². The second-order valence-electron chi connectivity index (χ2n) is 7.11. The normalized spacial score (nSPS) is 19.2. The highest BCUT2D eigenvalue weighted by atomic mass is 16.5. The molecule has 1 aliphatic heterocycles. The molecule has 1 aliphatic carbocycles. The molecule has 0 amide bonds. The molecule has 2 aliphatic rings. The summed E-state index contributed by atoms with van der Waals surface area (Å²) >= 11 is 0. The molecule has 1 N–H and O–H groups in total. The predicted octanol–water partition coefficient (Wildman–Crippen LogP) is 3.98. The van der Waals surface area contributed by atoms with E-state index in [1.807, 2.05) is 12.1 Å². The predicted molar refractivity (Wildman–Crippen MR) is 94.7 cm³/mol. The highest BCUT2D eigenvalue weighted by molar-refractivity contribution is 5.68. The maximum absolute atomic E-state index is 12.8. The first kappa shape index (κ1) is 15.4. The Morgan fingerprint density at radius 1 is 1.33 bits per heavy atom. The van der Waals surface area contributed by atoms with Crippen molar-refractivity contribution in [3.63, 3.8) is 0 Å². The molecule has 1 saturated carbocycles. The average Bonchev–Trinajstić information content (AvgIpc) is 3.33. The zero-order valence-corrected chi connectivity index (χ0v) is 14.4. The van der Waals surface area contributed by atoms with E-state index in [-0.39, 0.29) is 11.7 Å². The van der Waals surface area contributed by atoms with Crippen LogP contribution in [0.25, 0.3) is 11.1 Å². The van der Waals surface area contributed by atoms with Crippen LogP contribution in [-0.4, -0.2) is 16.1 Å². The van der Waals surface area contributed by atoms with Gasteiger partial charge in [0.15, 0.2) is 0 Å². The van der Waals surface area contributed by atoms with E-state index in [0.717, 1.165) is 66.9 Å². The molecule has 24 heavy (non-hydrogen) atoms. The molecule has 1 unspecified atom stereocenters. The lowest BCUT2D eigenvalue weighted by Gasteiger charge is -2.11. The van der Waals surface area contributed by atoms with E-state index < -0.39 is 0 Å². The van der Waals surface area contributed by atoms with Gasteiger partial charge in [-0.05, 0) is 49.4 Å². The van der Waals surface area contributed by atoms with Crippen LogP contribution in [0.3, 0.4) is 0 Å². The molecule has 126 valence electrons. The number of ether oxygens (including phenoxy) is 1. The van der Waals surface area contributed by atoms with Gasteiger partial charge in [0.2, 0.25) is 0 Å². The molecule has 0 bridgehead atoms. The van der Waals surface area contributed by atoms with Crippen LogP contribution in [0.4, 0.5) is 0 Å². The number of benzene rings is 1. The second kappa shape index (κ2) is 6.08. The quantitative estimate of drug-likeness (QED) is 0.905. The van der Waals surface area contributed by atoms with Crippen LogP contribution in [0.2, 0.25) is 0 Å². The first-order valence-corrected chi connectivity index (χ1v) is 9.08. The van der Waals surface area contributed by atoms with Gasteiger partial charge in [-0.2, -0.15) is 0 Å². The number of hydrogen-bond acceptors (Lipinski definition) is 3. The highest BCUT2D eigenvalue weighted by Gasteiger charge is 2.30. The van der Waals surface area contributed by atoms with Gasteiger partial charge in [-0.3, -0.25) is 4.79 Å².